The number of benzene rings is 1. The molecular weight excluding hydrogens is 288 g/mol. The van der Waals surface area contributed by atoms with Crippen molar-refractivity contribution >= 4 is 19.6 Å². The Balaban J connectivity index is 2.61. The number of carboxylic acid groups (broad SMARTS) is 1. The maximum Gasteiger partial charge on any atom is 0.336 e. The molecule has 1 N–H and O–H groups in total. The molecule has 0 heterocycles. The molecule has 22 heavy (non-hydrogen) atoms. The maximum atomic E-state index is 11.6. The van der Waals surface area contributed by atoms with Crippen molar-refractivity contribution in [3.63, 3.8) is 0 Å². The molecule has 0 saturated carbocycles. The van der Waals surface area contributed by atoms with E-state index < -0.39 is 14.0 Å². The highest BCUT2D eigenvalue weighted by molar-refractivity contribution is 6.83. The summed E-state index contributed by atoms with van der Waals surface area (Å²) in [5, 5.41) is 9.52. The van der Waals surface area contributed by atoms with Crippen LogP contribution in [0.15, 0.2) is 23.8 Å². The van der Waals surface area contributed by atoms with Gasteiger partial charge in [-0.1, -0.05) is 51.0 Å². The first-order chi connectivity index (χ1) is 10.0. The van der Waals surface area contributed by atoms with Crippen LogP contribution in [0.25, 0.3) is 5.57 Å². The van der Waals surface area contributed by atoms with Gasteiger partial charge in [-0.25, -0.2) is 4.79 Å². The van der Waals surface area contributed by atoms with Crippen LogP contribution < -0.4 is 0 Å². The van der Waals surface area contributed by atoms with Gasteiger partial charge in [0.2, 0.25) is 0 Å². The molecule has 1 aliphatic carbocycles. The van der Waals surface area contributed by atoms with Crippen molar-refractivity contribution in [3.05, 3.63) is 40.5 Å². The van der Waals surface area contributed by atoms with Gasteiger partial charge in [-0.05, 0) is 42.0 Å². The number of hydrogen-bond acceptors (Lipinski definition) is 1. The van der Waals surface area contributed by atoms with Crippen LogP contribution in [0.1, 0.15) is 43.9 Å². The van der Waals surface area contributed by atoms with Gasteiger partial charge in [0.05, 0.1) is 5.57 Å². The summed E-state index contributed by atoms with van der Waals surface area (Å²) in [5.41, 5.74) is 7.65. The van der Waals surface area contributed by atoms with Crippen LogP contribution in [0.4, 0.5) is 0 Å². The number of hydrogen-bond donors (Lipinski definition) is 1. The van der Waals surface area contributed by atoms with Crippen molar-refractivity contribution < 1.29 is 9.90 Å². The first kappa shape index (κ1) is 16.6. The Bertz CT molecular complexity index is 722. The van der Waals surface area contributed by atoms with Crippen molar-refractivity contribution in [2.24, 2.45) is 0 Å². The lowest BCUT2D eigenvalue weighted by Crippen LogP contribution is -2.26. The SMILES string of the molecule is CC1=C(C(=O)O)c2ccc(C#C[Si](C)(C)C)cc2C(C)(C)C1. The highest BCUT2D eigenvalue weighted by atomic mass is 28.3. The standard InChI is InChI=1S/C19H24O2Si/c1-13-12-19(2,3)16-11-14(9-10-22(4,5)6)7-8-15(16)17(13)18(20)21/h7-8,11H,12H2,1-6H3,(H,20,21). The van der Waals surface area contributed by atoms with E-state index in [2.05, 4.69) is 51.0 Å². The van der Waals surface area contributed by atoms with Gasteiger partial charge in [0, 0.05) is 5.56 Å². The van der Waals surface area contributed by atoms with Crippen LogP contribution in [-0.4, -0.2) is 19.1 Å². The topological polar surface area (TPSA) is 37.3 Å². The summed E-state index contributed by atoms with van der Waals surface area (Å²) in [7, 11) is -1.42. The van der Waals surface area contributed by atoms with Crippen molar-refractivity contribution in [1.82, 2.24) is 0 Å². The van der Waals surface area contributed by atoms with Crippen molar-refractivity contribution in [2.45, 2.75) is 52.2 Å². The third-order valence-corrected chi connectivity index (χ3v) is 4.82. The first-order valence-electron chi connectivity index (χ1n) is 7.62. The molecule has 1 aliphatic rings. The number of rotatable bonds is 1. The van der Waals surface area contributed by atoms with Gasteiger partial charge in [-0.15, -0.1) is 5.54 Å². The highest BCUT2D eigenvalue weighted by Gasteiger charge is 2.33. The number of aliphatic carboxylic acids is 1. The van der Waals surface area contributed by atoms with Crippen LogP contribution >= 0.6 is 0 Å². The molecule has 0 spiro atoms. The van der Waals surface area contributed by atoms with Crippen LogP contribution in [0.5, 0.6) is 0 Å². The summed E-state index contributed by atoms with van der Waals surface area (Å²) in [5.74, 6) is 2.44. The summed E-state index contributed by atoms with van der Waals surface area (Å²) in [4.78, 5) is 11.6. The molecule has 0 saturated heterocycles. The summed E-state index contributed by atoms with van der Waals surface area (Å²) in [6.45, 7) is 12.9. The molecule has 1 aromatic rings. The van der Waals surface area contributed by atoms with Gasteiger partial charge in [-0.2, -0.15) is 0 Å². The molecule has 0 fully saturated rings. The van der Waals surface area contributed by atoms with E-state index in [1.54, 1.807) is 0 Å². The number of allylic oxidation sites excluding steroid dienone is 1. The van der Waals surface area contributed by atoms with Gasteiger partial charge in [0.15, 0.2) is 0 Å². The normalized spacial score (nSPS) is 16.6. The van der Waals surface area contributed by atoms with E-state index in [-0.39, 0.29) is 5.41 Å². The number of fused-ring (bicyclic) bond motifs is 1. The molecule has 0 aliphatic heterocycles. The Labute approximate surface area is 134 Å². The second kappa shape index (κ2) is 5.44. The molecule has 0 atom stereocenters. The molecular formula is C19H24O2Si. The number of carbonyl (C=O) groups is 1. The Kier molecular flexibility index (Phi) is 4.10. The van der Waals surface area contributed by atoms with E-state index in [1.807, 2.05) is 19.1 Å². The van der Waals surface area contributed by atoms with Gasteiger partial charge < -0.3 is 5.11 Å². The van der Waals surface area contributed by atoms with Gasteiger partial charge in [0.1, 0.15) is 8.07 Å². The highest BCUT2D eigenvalue weighted by Crippen LogP contribution is 2.42. The second-order valence-corrected chi connectivity index (χ2v) is 12.5. The molecule has 0 radical (unpaired) electrons. The summed E-state index contributed by atoms with van der Waals surface area (Å²) >= 11 is 0. The Morgan fingerprint density at radius 1 is 1.27 bits per heavy atom. The lowest BCUT2D eigenvalue weighted by atomic mass is 9.70. The van der Waals surface area contributed by atoms with E-state index >= 15 is 0 Å². The predicted molar refractivity (Wildman–Crippen MR) is 94.5 cm³/mol. The molecule has 0 amide bonds. The fraction of sp³-hybridized carbons (Fsp3) is 0.421. The summed E-state index contributed by atoms with van der Waals surface area (Å²) in [6, 6.07) is 5.96. The summed E-state index contributed by atoms with van der Waals surface area (Å²) < 4.78 is 0. The number of carboxylic acids is 1. The molecule has 116 valence electrons. The fourth-order valence-corrected chi connectivity index (χ4v) is 3.55. The molecule has 0 bridgehead atoms. The minimum atomic E-state index is -1.42. The molecule has 3 heteroatoms. The summed E-state index contributed by atoms with van der Waals surface area (Å²) in [6.07, 6.45) is 0.770. The van der Waals surface area contributed by atoms with Crippen LogP contribution in [0.2, 0.25) is 19.6 Å². The fourth-order valence-electron chi connectivity index (χ4n) is 3.03. The van der Waals surface area contributed by atoms with E-state index in [0.29, 0.717) is 5.57 Å². The van der Waals surface area contributed by atoms with Crippen molar-refractivity contribution in [3.8, 4) is 11.5 Å². The van der Waals surface area contributed by atoms with E-state index in [4.69, 9.17) is 0 Å². The van der Waals surface area contributed by atoms with Crippen LogP contribution in [0, 0.1) is 11.5 Å². The largest absolute Gasteiger partial charge is 0.478 e. The zero-order chi connectivity index (χ0) is 16.7. The molecule has 2 rings (SSSR count). The third-order valence-electron chi connectivity index (χ3n) is 3.95. The lowest BCUT2D eigenvalue weighted by molar-refractivity contribution is -0.130. The van der Waals surface area contributed by atoms with Crippen molar-refractivity contribution in [2.75, 3.05) is 0 Å². The quantitative estimate of drug-likeness (QED) is 0.614. The third kappa shape index (κ3) is 3.33. The Morgan fingerprint density at radius 2 is 1.91 bits per heavy atom. The van der Waals surface area contributed by atoms with Gasteiger partial charge >= 0.3 is 5.97 Å². The first-order valence-corrected chi connectivity index (χ1v) is 11.1. The van der Waals surface area contributed by atoms with E-state index in [9.17, 15) is 9.90 Å². The second-order valence-electron chi connectivity index (χ2n) is 7.78. The van der Waals surface area contributed by atoms with Crippen LogP contribution in [-0.2, 0) is 10.2 Å². The minimum absolute atomic E-state index is 0.0603. The minimum Gasteiger partial charge on any atom is -0.478 e. The average molecular weight is 312 g/mol. The smallest absolute Gasteiger partial charge is 0.336 e. The average Bonchev–Trinajstić information content (AvgIpc) is 2.34. The maximum absolute atomic E-state index is 11.6. The van der Waals surface area contributed by atoms with Crippen molar-refractivity contribution in [1.29, 1.82) is 0 Å². The van der Waals surface area contributed by atoms with Gasteiger partial charge in [0.25, 0.3) is 0 Å². The molecule has 0 aromatic heterocycles. The Morgan fingerprint density at radius 3 is 2.45 bits per heavy atom. The molecule has 2 nitrogen and oxygen atoms in total. The monoisotopic (exact) mass is 312 g/mol. The van der Waals surface area contributed by atoms with Gasteiger partial charge in [-0.3, -0.25) is 0 Å². The lowest BCUT2D eigenvalue weighted by Gasteiger charge is -2.34. The van der Waals surface area contributed by atoms with E-state index in [1.165, 1.54) is 0 Å². The predicted octanol–water partition coefficient (Wildman–Crippen LogP) is 4.45. The van der Waals surface area contributed by atoms with Crippen LogP contribution in [0.3, 0.4) is 0 Å². The van der Waals surface area contributed by atoms with E-state index in [0.717, 1.165) is 28.7 Å². The molecule has 0 unspecified atom stereocenters. The zero-order valence-electron chi connectivity index (χ0n) is 14.3. The molecule has 1 aromatic carbocycles. The Hall–Kier alpha value is -1.79. The zero-order valence-corrected chi connectivity index (χ0v) is 15.3.